The van der Waals surface area contributed by atoms with Gasteiger partial charge in [0.2, 0.25) is 5.88 Å². The summed E-state index contributed by atoms with van der Waals surface area (Å²) in [6, 6.07) is 13.0. The van der Waals surface area contributed by atoms with Crippen molar-refractivity contribution in [2.75, 3.05) is 60.6 Å². The molecule has 0 bridgehead atoms. The molecule has 1 atom stereocenters. The summed E-state index contributed by atoms with van der Waals surface area (Å²) in [5.74, 6) is -0.282. The second-order valence-corrected chi connectivity index (χ2v) is 11.2. The number of alkyl carbamates (subject to hydrolysis) is 1. The highest BCUT2D eigenvalue weighted by Crippen LogP contribution is 2.30. The lowest BCUT2D eigenvalue weighted by Gasteiger charge is -2.37. The quantitative estimate of drug-likeness (QED) is 0.327. The number of nitrogens with one attached hydrogen (secondary N) is 2. The number of amides is 2. The Balaban J connectivity index is 1.15. The first-order valence-corrected chi connectivity index (χ1v) is 14.2. The van der Waals surface area contributed by atoms with Crippen LogP contribution in [-0.2, 0) is 15.9 Å². The molecule has 212 valence electrons. The lowest BCUT2D eigenvalue weighted by molar-refractivity contribution is 0.127. The van der Waals surface area contributed by atoms with Crippen LogP contribution in [-0.4, -0.2) is 74.3 Å². The Hall–Kier alpha value is -3.84. The normalized spacial score (nSPS) is 17.2. The Morgan fingerprint density at radius 2 is 1.88 bits per heavy atom. The third-order valence-corrected chi connectivity index (χ3v) is 8.08. The molecule has 0 saturated carbocycles. The molecular weight excluding hydrogens is 557 g/mol. The van der Waals surface area contributed by atoms with Gasteiger partial charge in [-0.25, -0.2) is 14.0 Å². The fraction of sp³-hybridized carbons (Fsp3) is 0.370. The SMILES string of the molecule is CCOC(=O)NC[C@H]1CN(c2ccc(N3CCN(c4ccc(Cc5sc(=S)[nH]c5O)cc4)CC3)c(F)c2)C(=O)O1. The molecule has 2 amide bonds. The summed E-state index contributed by atoms with van der Waals surface area (Å²) in [4.78, 5) is 33.0. The van der Waals surface area contributed by atoms with Crippen LogP contribution < -0.4 is 20.0 Å². The zero-order valence-electron chi connectivity index (χ0n) is 21.9. The molecule has 0 aliphatic carbocycles. The second kappa shape index (κ2) is 12.1. The number of aromatic amines is 1. The molecular formula is C27H30FN5O5S2. The van der Waals surface area contributed by atoms with Crippen molar-refractivity contribution in [3.63, 3.8) is 0 Å². The van der Waals surface area contributed by atoms with Gasteiger partial charge in [0.05, 0.1) is 35.9 Å². The van der Waals surface area contributed by atoms with E-state index in [2.05, 4.69) is 27.3 Å². The summed E-state index contributed by atoms with van der Waals surface area (Å²) < 4.78 is 25.9. The summed E-state index contributed by atoms with van der Waals surface area (Å²) in [5.41, 5.74) is 3.06. The number of rotatable bonds is 8. The van der Waals surface area contributed by atoms with Crippen molar-refractivity contribution in [2.24, 2.45) is 0 Å². The first kappa shape index (κ1) is 27.7. The Labute approximate surface area is 239 Å². The van der Waals surface area contributed by atoms with E-state index < -0.39 is 24.1 Å². The molecule has 3 aromatic rings. The maximum atomic E-state index is 15.2. The number of hydrogen-bond donors (Lipinski definition) is 3. The number of carbonyl (C=O) groups excluding carboxylic acids is 2. The smallest absolute Gasteiger partial charge is 0.414 e. The molecule has 2 saturated heterocycles. The van der Waals surface area contributed by atoms with E-state index in [1.165, 1.54) is 22.3 Å². The van der Waals surface area contributed by atoms with Gasteiger partial charge in [0.1, 0.15) is 11.9 Å². The van der Waals surface area contributed by atoms with Crippen molar-refractivity contribution in [1.29, 1.82) is 0 Å². The molecule has 10 nitrogen and oxygen atoms in total. The average molecular weight is 588 g/mol. The number of hydrogen-bond acceptors (Lipinski definition) is 9. The van der Waals surface area contributed by atoms with Crippen LogP contribution in [0, 0.1) is 9.77 Å². The molecule has 5 rings (SSSR count). The van der Waals surface area contributed by atoms with Crippen LogP contribution in [0.2, 0.25) is 0 Å². The van der Waals surface area contributed by atoms with Crippen LogP contribution in [0.1, 0.15) is 17.4 Å². The van der Waals surface area contributed by atoms with Gasteiger partial charge in [0, 0.05) is 38.3 Å². The zero-order chi connectivity index (χ0) is 28.2. The monoisotopic (exact) mass is 587 g/mol. The number of halogens is 1. The largest absolute Gasteiger partial charge is 0.494 e. The summed E-state index contributed by atoms with van der Waals surface area (Å²) in [6.07, 6.45) is -1.11. The van der Waals surface area contributed by atoms with Gasteiger partial charge in [-0.05, 0) is 55.0 Å². The highest BCUT2D eigenvalue weighted by atomic mass is 32.1. The van der Waals surface area contributed by atoms with Gasteiger partial charge in [-0.1, -0.05) is 12.1 Å². The van der Waals surface area contributed by atoms with E-state index in [1.807, 2.05) is 17.0 Å². The number of benzene rings is 2. The maximum absolute atomic E-state index is 15.2. The third-order valence-electron chi connectivity index (χ3n) is 6.85. The Morgan fingerprint density at radius 3 is 2.52 bits per heavy atom. The fourth-order valence-electron chi connectivity index (χ4n) is 4.83. The van der Waals surface area contributed by atoms with Gasteiger partial charge in [0.15, 0.2) is 3.95 Å². The average Bonchev–Trinajstić information content (AvgIpc) is 3.48. The molecule has 2 aliphatic rings. The Morgan fingerprint density at radius 1 is 1.18 bits per heavy atom. The van der Waals surface area contributed by atoms with Crippen molar-refractivity contribution in [2.45, 2.75) is 19.4 Å². The van der Waals surface area contributed by atoms with Crippen molar-refractivity contribution >= 4 is 52.8 Å². The van der Waals surface area contributed by atoms with Crippen LogP contribution in [0.3, 0.4) is 0 Å². The van der Waals surface area contributed by atoms with Gasteiger partial charge in [-0.15, -0.1) is 11.3 Å². The predicted octanol–water partition coefficient (Wildman–Crippen LogP) is 4.64. The molecule has 13 heteroatoms. The van der Waals surface area contributed by atoms with Crippen LogP contribution >= 0.6 is 23.6 Å². The van der Waals surface area contributed by atoms with E-state index in [4.69, 9.17) is 21.7 Å². The molecule has 1 aromatic heterocycles. The minimum atomic E-state index is -0.585. The number of thiazole rings is 1. The fourth-order valence-corrected chi connectivity index (χ4v) is 5.98. The summed E-state index contributed by atoms with van der Waals surface area (Å²) in [7, 11) is 0. The molecule has 2 aliphatic heterocycles. The Bertz CT molecular complexity index is 1420. The van der Waals surface area contributed by atoms with E-state index in [9.17, 15) is 14.7 Å². The van der Waals surface area contributed by atoms with Gasteiger partial charge >= 0.3 is 12.2 Å². The molecule has 2 aromatic carbocycles. The lowest BCUT2D eigenvalue weighted by atomic mass is 10.1. The van der Waals surface area contributed by atoms with Crippen LogP contribution in [0.4, 0.5) is 31.0 Å². The number of nitrogens with zero attached hydrogens (tertiary/aromatic N) is 3. The molecule has 40 heavy (non-hydrogen) atoms. The number of aromatic hydroxyl groups is 1. The van der Waals surface area contributed by atoms with Gasteiger partial charge in [0.25, 0.3) is 0 Å². The summed E-state index contributed by atoms with van der Waals surface area (Å²) in [6.45, 7) is 5.01. The summed E-state index contributed by atoms with van der Waals surface area (Å²) in [5, 5.41) is 12.5. The van der Waals surface area contributed by atoms with Gasteiger partial charge in [-0.3, -0.25) is 4.90 Å². The number of cyclic esters (lactones) is 1. The van der Waals surface area contributed by atoms with Crippen molar-refractivity contribution in [3.05, 3.63) is 62.7 Å². The molecule has 2 fully saturated rings. The van der Waals surface area contributed by atoms with E-state index >= 15 is 4.39 Å². The van der Waals surface area contributed by atoms with E-state index in [1.54, 1.807) is 19.1 Å². The number of H-pyrrole nitrogens is 1. The topological polar surface area (TPSA) is 110 Å². The first-order chi connectivity index (χ1) is 19.3. The van der Waals surface area contributed by atoms with Gasteiger partial charge in [-0.2, -0.15) is 0 Å². The zero-order valence-corrected chi connectivity index (χ0v) is 23.5. The number of aromatic nitrogens is 1. The van der Waals surface area contributed by atoms with Crippen LogP contribution in [0.25, 0.3) is 0 Å². The Kier molecular flexibility index (Phi) is 8.40. The first-order valence-electron chi connectivity index (χ1n) is 13.0. The summed E-state index contributed by atoms with van der Waals surface area (Å²) >= 11 is 6.46. The highest BCUT2D eigenvalue weighted by Gasteiger charge is 2.33. The predicted molar refractivity (Wildman–Crippen MR) is 154 cm³/mol. The number of piperazine rings is 1. The minimum Gasteiger partial charge on any atom is -0.494 e. The minimum absolute atomic E-state index is 0.113. The molecule has 0 radical (unpaired) electrons. The maximum Gasteiger partial charge on any atom is 0.414 e. The lowest BCUT2D eigenvalue weighted by Crippen LogP contribution is -2.46. The molecule has 0 spiro atoms. The second-order valence-electron chi connectivity index (χ2n) is 9.46. The highest BCUT2D eigenvalue weighted by molar-refractivity contribution is 7.73. The van der Waals surface area contributed by atoms with E-state index in [0.29, 0.717) is 34.8 Å². The molecule has 3 heterocycles. The molecule has 0 unspecified atom stereocenters. The molecule has 3 N–H and O–H groups in total. The van der Waals surface area contributed by atoms with Gasteiger partial charge < -0.3 is 34.7 Å². The van der Waals surface area contributed by atoms with E-state index in [-0.39, 0.29) is 25.6 Å². The van der Waals surface area contributed by atoms with Crippen LogP contribution in [0.15, 0.2) is 42.5 Å². The van der Waals surface area contributed by atoms with Crippen LogP contribution in [0.5, 0.6) is 5.88 Å². The number of carbonyl (C=O) groups is 2. The van der Waals surface area contributed by atoms with Crippen molar-refractivity contribution in [3.8, 4) is 5.88 Å². The third kappa shape index (κ3) is 6.31. The van der Waals surface area contributed by atoms with E-state index in [0.717, 1.165) is 29.2 Å². The van der Waals surface area contributed by atoms with Crippen molar-refractivity contribution in [1.82, 2.24) is 10.3 Å². The standard InChI is InChI=1S/C27H30FN5O5S2/c1-2-37-25(35)29-15-20-16-33(27(36)38-20)19-7-8-22(21(28)14-19)32-11-9-31(10-12-32)18-5-3-17(4-6-18)13-23-24(34)30-26(39)40-23/h3-8,14,20,34H,2,9-13,15-16H2,1H3,(H,29,35)(H,30,39)/t20-/m0/s1. The van der Waals surface area contributed by atoms with Crippen molar-refractivity contribution < 1.29 is 28.6 Å². The number of ether oxygens (including phenoxy) is 2. The number of anilines is 3.